The molecule has 156 valence electrons. The molecule has 4 aliphatic carbocycles. The van der Waals surface area contributed by atoms with Gasteiger partial charge in [0.1, 0.15) is 11.5 Å². The molecule has 4 saturated carbocycles. The zero-order valence-corrected chi connectivity index (χ0v) is 17.3. The van der Waals surface area contributed by atoms with Crippen LogP contribution in [0.15, 0.2) is 18.2 Å². The van der Waals surface area contributed by atoms with Gasteiger partial charge in [0.2, 0.25) is 11.8 Å². The maximum Gasteiger partial charge on any atom is 0.227 e. The third kappa shape index (κ3) is 3.26. The minimum atomic E-state index is -0.303. The van der Waals surface area contributed by atoms with Gasteiger partial charge >= 0.3 is 0 Å². The number of ether oxygens (including phenoxy) is 2. The zero-order chi connectivity index (χ0) is 20.2. The number of nitrogens with zero attached hydrogens (tertiary/aromatic N) is 1. The van der Waals surface area contributed by atoms with Crippen molar-refractivity contribution >= 4 is 17.5 Å². The topological polar surface area (TPSA) is 67.9 Å². The Morgan fingerprint density at radius 2 is 1.72 bits per heavy atom. The number of hydrogen-bond donors (Lipinski definition) is 1. The van der Waals surface area contributed by atoms with Crippen LogP contribution in [0.5, 0.6) is 11.5 Å². The molecule has 0 aromatic heterocycles. The predicted molar refractivity (Wildman–Crippen MR) is 109 cm³/mol. The Morgan fingerprint density at radius 3 is 2.31 bits per heavy atom. The molecule has 4 bridgehead atoms. The molecular weight excluding hydrogens is 368 g/mol. The van der Waals surface area contributed by atoms with Gasteiger partial charge in [-0.3, -0.25) is 9.59 Å². The van der Waals surface area contributed by atoms with Gasteiger partial charge in [-0.2, -0.15) is 0 Å². The summed E-state index contributed by atoms with van der Waals surface area (Å²) in [5.41, 5.74) is 0.684. The van der Waals surface area contributed by atoms with Gasteiger partial charge in [0, 0.05) is 24.6 Å². The third-order valence-electron chi connectivity index (χ3n) is 7.60. The summed E-state index contributed by atoms with van der Waals surface area (Å²) in [7, 11) is 3.18. The van der Waals surface area contributed by atoms with E-state index in [1.54, 1.807) is 25.2 Å². The highest BCUT2D eigenvalue weighted by Crippen LogP contribution is 2.55. The lowest BCUT2D eigenvalue weighted by atomic mass is 9.53. The summed E-state index contributed by atoms with van der Waals surface area (Å²) in [6, 6.07) is 5.41. The molecule has 1 N–H and O–H groups in total. The van der Waals surface area contributed by atoms with Crippen molar-refractivity contribution in [2.24, 2.45) is 23.7 Å². The van der Waals surface area contributed by atoms with E-state index in [1.807, 2.05) is 12.1 Å². The molecule has 0 unspecified atom stereocenters. The fourth-order valence-electron chi connectivity index (χ4n) is 6.75. The number of rotatable bonds is 5. The molecule has 29 heavy (non-hydrogen) atoms. The molecule has 1 atom stereocenters. The maximum atomic E-state index is 13.2. The summed E-state index contributed by atoms with van der Waals surface area (Å²) in [6.07, 6.45) is 7.68. The average Bonchev–Trinajstić information content (AvgIpc) is 3.07. The minimum absolute atomic E-state index is 0.0138. The fourth-order valence-corrected chi connectivity index (χ4v) is 6.75. The standard InChI is InChI=1S/C23H30N2O4/c1-28-18-3-4-19(20(9-18)29-2)25-13-17(8-21(25)26)22(27)24-23-10-14-5-15(11-23)7-16(6-14)12-23/h3-4,9,14-17H,5-8,10-13H2,1-2H3,(H,24,27)/t14?,15?,16?,17-,23?/m0/s1. The zero-order valence-electron chi connectivity index (χ0n) is 17.3. The molecule has 6 heteroatoms. The molecule has 1 heterocycles. The third-order valence-corrected chi connectivity index (χ3v) is 7.60. The average molecular weight is 399 g/mol. The van der Waals surface area contributed by atoms with E-state index in [9.17, 15) is 9.59 Å². The Hall–Kier alpha value is -2.24. The van der Waals surface area contributed by atoms with Crippen molar-refractivity contribution in [2.75, 3.05) is 25.7 Å². The van der Waals surface area contributed by atoms with Crippen LogP contribution in [0.4, 0.5) is 5.69 Å². The number of carbonyl (C=O) groups excluding carboxylic acids is 2. The Balaban J connectivity index is 1.30. The van der Waals surface area contributed by atoms with Crippen molar-refractivity contribution in [3.8, 4) is 11.5 Å². The lowest BCUT2D eigenvalue weighted by Gasteiger charge is -2.57. The van der Waals surface area contributed by atoms with Crippen molar-refractivity contribution in [3.05, 3.63) is 18.2 Å². The number of benzene rings is 1. The van der Waals surface area contributed by atoms with Crippen molar-refractivity contribution in [3.63, 3.8) is 0 Å². The fraction of sp³-hybridized carbons (Fsp3) is 0.652. The van der Waals surface area contributed by atoms with E-state index in [0.29, 0.717) is 23.7 Å². The van der Waals surface area contributed by atoms with E-state index in [0.717, 1.165) is 37.0 Å². The monoisotopic (exact) mass is 398 g/mol. The van der Waals surface area contributed by atoms with Crippen molar-refractivity contribution < 1.29 is 19.1 Å². The number of hydrogen-bond acceptors (Lipinski definition) is 4. The molecular formula is C23H30N2O4. The van der Waals surface area contributed by atoms with E-state index >= 15 is 0 Å². The number of carbonyl (C=O) groups is 2. The molecule has 0 radical (unpaired) electrons. The van der Waals surface area contributed by atoms with Crippen LogP contribution in [-0.4, -0.2) is 38.1 Å². The van der Waals surface area contributed by atoms with Gasteiger partial charge in [0.25, 0.3) is 0 Å². The van der Waals surface area contributed by atoms with Crippen LogP contribution in [-0.2, 0) is 9.59 Å². The second-order valence-electron chi connectivity index (χ2n) is 9.63. The van der Waals surface area contributed by atoms with Gasteiger partial charge in [-0.1, -0.05) is 0 Å². The summed E-state index contributed by atoms with van der Waals surface area (Å²) in [5, 5.41) is 3.44. The molecule has 1 aliphatic heterocycles. The Morgan fingerprint density at radius 1 is 1.07 bits per heavy atom. The van der Waals surface area contributed by atoms with Crippen LogP contribution >= 0.6 is 0 Å². The van der Waals surface area contributed by atoms with Crippen LogP contribution in [0.3, 0.4) is 0 Å². The van der Waals surface area contributed by atoms with Crippen LogP contribution < -0.4 is 19.7 Å². The largest absolute Gasteiger partial charge is 0.497 e. The normalized spacial score (nSPS) is 35.1. The molecule has 1 aromatic carbocycles. The lowest BCUT2D eigenvalue weighted by molar-refractivity contribution is -0.131. The van der Waals surface area contributed by atoms with Gasteiger partial charge in [0.15, 0.2) is 0 Å². The van der Waals surface area contributed by atoms with Gasteiger partial charge in [-0.05, 0) is 68.4 Å². The first kappa shape index (κ1) is 18.8. The summed E-state index contributed by atoms with van der Waals surface area (Å²) in [6.45, 7) is 0.403. The summed E-state index contributed by atoms with van der Waals surface area (Å²) < 4.78 is 10.7. The molecule has 1 saturated heterocycles. The minimum Gasteiger partial charge on any atom is -0.497 e. The second-order valence-corrected chi connectivity index (χ2v) is 9.63. The molecule has 5 fully saturated rings. The van der Waals surface area contributed by atoms with Gasteiger partial charge in [-0.25, -0.2) is 0 Å². The second kappa shape index (κ2) is 6.92. The molecule has 6 nitrogen and oxygen atoms in total. The van der Waals surface area contributed by atoms with Crippen molar-refractivity contribution in [1.29, 1.82) is 0 Å². The van der Waals surface area contributed by atoms with E-state index in [-0.39, 0.29) is 29.7 Å². The molecule has 6 rings (SSSR count). The van der Waals surface area contributed by atoms with Crippen molar-refractivity contribution in [1.82, 2.24) is 5.32 Å². The van der Waals surface area contributed by atoms with E-state index in [1.165, 1.54) is 19.3 Å². The first-order valence-corrected chi connectivity index (χ1v) is 10.8. The Bertz CT molecular complexity index is 801. The number of nitrogens with one attached hydrogen (secondary N) is 1. The maximum absolute atomic E-state index is 13.2. The summed E-state index contributed by atoms with van der Waals surface area (Å²) in [5.74, 6) is 3.33. The van der Waals surface area contributed by atoms with Gasteiger partial charge in [-0.15, -0.1) is 0 Å². The van der Waals surface area contributed by atoms with Crippen LogP contribution in [0, 0.1) is 23.7 Å². The van der Waals surface area contributed by atoms with Crippen LogP contribution in [0.25, 0.3) is 0 Å². The summed E-state index contributed by atoms with van der Waals surface area (Å²) >= 11 is 0. The SMILES string of the molecule is COc1ccc(N2C[C@@H](C(=O)NC34CC5CC(CC(C5)C3)C4)CC2=O)c(OC)c1. The quantitative estimate of drug-likeness (QED) is 0.827. The van der Waals surface area contributed by atoms with Crippen LogP contribution in [0.1, 0.15) is 44.9 Å². The van der Waals surface area contributed by atoms with Crippen LogP contribution in [0.2, 0.25) is 0 Å². The first-order chi connectivity index (χ1) is 14.0. The Labute approximate surface area is 171 Å². The van der Waals surface area contributed by atoms with Gasteiger partial charge < -0.3 is 19.7 Å². The molecule has 2 amide bonds. The van der Waals surface area contributed by atoms with E-state index in [4.69, 9.17) is 9.47 Å². The van der Waals surface area contributed by atoms with E-state index in [2.05, 4.69) is 5.32 Å². The Kier molecular flexibility index (Phi) is 4.48. The lowest BCUT2D eigenvalue weighted by Crippen LogP contribution is -2.60. The highest BCUT2D eigenvalue weighted by Gasteiger charge is 2.52. The number of amides is 2. The molecule has 0 spiro atoms. The predicted octanol–water partition coefficient (Wildman–Crippen LogP) is 3.14. The number of methoxy groups -OCH3 is 2. The van der Waals surface area contributed by atoms with Crippen molar-refractivity contribution in [2.45, 2.75) is 50.5 Å². The number of anilines is 1. The highest BCUT2D eigenvalue weighted by molar-refractivity contribution is 6.01. The smallest absolute Gasteiger partial charge is 0.227 e. The molecule has 1 aromatic rings. The van der Waals surface area contributed by atoms with E-state index < -0.39 is 0 Å². The van der Waals surface area contributed by atoms with Gasteiger partial charge in [0.05, 0.1) is 25.8 Å². The summed E-state index contributed by atoms with van der Waals surface area (Å²) in [4.78, 5) is 27.6. The molecule has 5 aliphatic rings. The first-order valence-electron chi connectivity index (χ1n) is 10.8. The highest BCUT2D eigenvalue weighted by atomic mass is 16.5.